The molecule has 1 fully saturated rings. The van der Waals surface area contributed by atoms with Crippen molar-refractivity contribution in [3.05, 3.63) is 18.0 Å². The molecule has 1 saturated heterocycles. The van der Waals surface area contributed by atoms with E-state index < -0.39 is 5.97 Å². The van der Waals surface area contributed by atoms with Crippen LogP contribution >= 0.6 is 0 Å². The maximum absolute atomic E-state index is 12.0. The Morgan fingerprint density at radius 1 is 1.45 bits per heavy atom. The minimum absolute atomic E-state index is 0.0534. The van der Waals surface area contributed by atoms with Crippen LogP contribution in [0.2, 0.25) is 0 Å². The Morgan fingerprint density at radius 2 is 2.10 bits per heavy atom. The lowest BCUT2D eigenvalue weighted by Crippen LogP contribution is -2.45. The normalized spacial score (nSPS) is 16.2. The summed E-state index contributed by atoms with van der Waals surface area (Å²) < 4.78 is 1.70. The number of rotatable bonds is 3. The largest absolute Gasteiger partial charge is 0.476 e. The van der Waals surface area contributed by atoms with Crippen LogP contribution in [0.5, 0.6) is 0 Å². The van der Waals surface area contributed by atoms with Gasteiger partial charge in [0.1, 0.15) is 0 Å². The van der Waals surface area contributed by atoms with Gasteiger partial charge in [0.15, 0.2) is 5.69 Å². The predicted octanol–water partition coefficient (Wildman–Crippen LogP) is 1.29. The second-order valence-electron chi connectivity index (χ2n) is 5.00. The smallest absolute Gasteiger partial charge is 0.356 e. The van der Waals surface area contributed by atoms with Gasteiger partial charge in [-0.3, -0.25) is 4.68 Å². The highest BCUT2D eigenvalue weighted by Crippen LogP contribution is 2.22. The molecule has 0 atom stereocenters. The van der Waals surface area contributed by atoms with Gasteiger partial charge in [0.2, 0.25) is 0 Å². The third kappa shape index (κ3) is 2.92. The number of urea groups is 1. The molecule has 0 radical (unpaired) electrons. The topological polar surface area (TPSA) is 78.7 Å². The van der Waals surface area contributed by atoms with Crippen molar-refractivity contribution >= 4 is 12.0 Å². The Labute approximate surface area is 117 Å². The highest BCUT2D eigenvalue weighted by molar-refractivity contribution is 5.85. The molecule has 1 aliphatic heterocycles. The van der Waals surface area contributed by atoms with Gasteiger partial charge in [0.05, 0.1) is 6.04 Å². The van der Waals surface area contributed by atoms with Crippen LogP contribution in [0.15, 0.2) is 12.3 Å². The van der Waals surface area contributed by atoms with E-state index in [-0.39, 0.29) is 17.8 Å². The summed E-state index contributed by atoms with van der Waals surface area (Å²) in [6.45, 7) is 3.99. The van der Waals surface area contributed by atoms with Gasteiger partial charge >= 0.3 is 12.0 Å². The molecule has 0 aliphatic carbocycles. The minimum Gasteiger partial charge on any atom is -0.476 e. The first-order valence-electron chi connectivity index (χ1n) is 6.81. The van der Waals surface area contributed by atoms with Crippen LogP contribution in [0.4, 0.5) is 4.79 Å². The van der Waals surface area contributed by atoms with E-state index in [0.717, 1.165) is 12.8 Å². The van der Waals surface area contributed by atoms with Gasteiger partial charge in [0.25, 0.3) is 0 Å². The summed E-state index contributed by atoms with van der Waals surface area (Å²) in [5.41, 5.74) is 0.0641. The minimum atomic E-state index is -1.01. The Bertz CT molecular complexity index is 492. The summed E-state index contributed by atoms with van der Waals surface area (Å²) in [5, 5.41) is 12.9. The number of carboxylic acid groups (broad SMARTS) is 1. The number of amides is 2. The predicted molar refractivity (Wildman–Crippen MR) is 72.7 cm³/mol. The molecule has 2 rings (SSSR count). The van der Waals surface area contributed by atoms with Crippen molar-refractivity contribution in [2.24, 2.45) is 0 Å². The third-order valence-electron chi connectivity index (χ3n) is 3.74. The number of aromatic carboxylic acids is 1. The zero-order chi connectivity index (χ0) is 14.7. The van der Waals surface area contributed by atoms with E-state index in [0.29, 0.717) is 19.6 Å². The second-order valence-corrected chi connectivity index (χ2v) is 5.00. The van der Waals surface area contributed by atoms with Crippen molar-refractivity contribution in [3.63, 3.8) is 0 Å². The molecule has 1 aromatic heterocycles. The second kappa shape index (κ2) is 5.94. The maximum atomic E-state index is 12.0. The number of carbonyl (C=O) groups excluding carboxylic acids is 1. The third-order valence-corrected chi connectivity index (χ3v) is 3.74. The molecule has 20 heavy (non-hydrogen) atoms. The van der Waals surface area contributed by atoms with Gasteiger partial charge in [-0.15, -0.1) is 0 Å². The monoisotopic (exact) mass is 280 g/mol. The van der Waals surface area contributed by atoms with Crippen LogP contribution in [-0.2, 0) is 0 Å². The molecule has 1 aromatic rings. The van der Waals surface area contributed by atoms with E-state index in [1.807, 2.05) is 11.8 Å². The van der Waals surface area contributed by atoms with E-state index in [9.17, 15) is 9.59 Å². The summed E-state index contributed by atoms with van der Waals surface area (Å²) in [6, 6.07) is 1.72. The molecular formula is C13H20N4O3. The SMILES string of the molecule is CCN(C)C(=O)N1CCC(n2ccc(C(=O)O)n2)CC1. The highest BCUT2D eigenvalue weighted by atomic mass is 16.4. The van der Waals surface area contributed by atoms with Crippen LogP contribution in [0, 0.1) is 0 Å². The first-order valence-corrected chi connectivity index (χ1v) is 6.81. The van der Waals surface area contributed by atoms with Crippen LogP contribution in [0.3, 0.4) is 0 Å². The molecule has 0 bridgehead atoms. The number of nitrogens with zero attached hydrogens (tertiary/aromatic N) is 4. The molecule has 0 saturated carbocycles. The highest BCUT2D eigenvalue weighted by Gasteiger charge is 2.26. The number of piperidine rings is 1. The van der Waals surface area contributed by atoms with E-state index in [1.54, 1.807) is 22.8 Å². The fraction of sp³-hybridized carbons (Fsp3) is 0.615. The zero-order valence-corrected chi connectivity index (χ0v) is 11.8. The number of carbonyl (C=O) groups is 2. The quantitative estimate of drug-likeness (QED) is 0.905. The van der Waals surface area contributed by atoms with Crippen LogP contribution in [0.1, 0.15) is 36.3 Å². The van der Waals surface area contributed by atoms with Crippen molar-refractivity contribution in [3.8, 4) is 0 Å². The maximum Gasteiger partial charge on any atom is 0.356 e. The molecule has 7 nitrogen and oxygen atoms in total. The Balaban J connectivity index is 1.93. The molecule has 2 amide bonds. The summed E-state index contributed by atoms with van der Waals surface area (Å²) in [7, 11) is 1.79. The lowest BCUT2D eigenvalue weighted by molar-refractivity contribution is 0.0688. The van der Waals surface area contributed by atoms with E-state index in [2.05, 4.69) is 5.10 Å². The molecular weight excluding hydrogens is 260 g/mol. The molecule has 2 heterocycles. The fourth-order valence-corrected chi connectivity index (χ4v) is 2.35. The number of aromatic nitrogens is 2. The van der Waals surface area contributed by atoms with E-state index >= 15 is 0 Å². The van der Waals surface area contributed by atoms with Gasteiger partial charge in [-0.25, -0.2) is 9.59 Å². The van der Waals surface area contributed by atoms with Crippen molar-refractivity contribution in [1.29, 1.82) is 0 Å². The average Bonchev–Trinajstić information content (AvgIpc) is 2.96. The van der Waals surface area contributed by atoms with Crippen molar-refractivity contribution in [2.45, 2.75) is 25.8 Å². The summed E-state index contributed by atoms with van der Waals surface area (Å²) in [6.07, 6.45) is 3.29. The number of carboxylic acids is 1. The molecule has 0 aromatic carbocycles. The average molecular weight is 280 g/mol. The lowest BCUT2D eigenvalue weighted by atomic mass is 10.1. The van der Waals surface area contributed by atoms with Gasteiger partial charge in [0, 0.05) is 32.9 Å². The number of hydrogen-bond acceptors (Lipinski definition) is 3. The van der Waals surface area contributed by atoms with Crippen molar-refractivity contribution in [2.75, 3.05) is 26.7 Å². The standard InChI is InChI=1S/C13H20N4O3/c1-3-15(2)13(20)16-7-4-10(5-8-16)17-9-6-11(14-17)12(18)19/h6,9-10H,3-5,7-8H2,1-2H3,(H,18,19). The van der Waals surface area contributed by atoms with Crippen LogP contribution in [0.25, 0.3) is 0 Å². The molecule has 110 valence electrons. The molecule has 1 N–H and O–H groups in total. The van der Waals surface area contributed by atoms with E-state index in [1.165, 1.54) is 6.07 Å². The van der Waals surface area contributed by atoms with E-state index in [4.69, 9.17) is 5.11 Å². The zero-order valence-electron chi connectivity index (χ0n) is 11.8. The van der Waals surface area contributed by atoms with Crippen molar-refractivity contribution in [1.82, 2.24) is 19.6 Å². The van der Waals surface area contributed by atoms with Gasteiger partial charge in [-0.2, -0.15) is 5.10 Å². The summed E-state index contributed by atoms with van der Waals surface area (Å²) >= 11 is 0. The van der Waals surface area contributed by atoms with Crippen molar-refractivity contribution < 1.29 is 14.7 Å². The van der Waals surface area contributed by atoms with Crippen LogP contribution < -0.4 is 0 Å². The number of hydrogen-bond donors (Lipinski definition) is 1. The molecule has 7 heteroatoms. The van der Waals surface area contributed by atoms with Gasteiger partial charge in [-0.1, -0.05) is 0 Å². The number of likely N-dealkylation sites (tertiary alicyclic amines) is 1. The molecule has 1 aliphatic rings. The van der Waals surface area contributed by atoms with Gasteiger partial charge in [-0.05, 0) is 25.8 Å². The lowest BCUT2D eigenvalue weighted by Gasteiger charge is -2.34. The Hall–Kier alpha value is -2.05. The first kappa shape index (κ1) is 14.4. The fourth-order valence-electron chi connectivity index (χ4n) is 2.35. The van der Waals surface area contributed by atoms with Gasteiger partial charge < -0.3 is 14.9 Å². The van der Waals surface area contributed by atoms with Crippen LogP contribution in [-0.4, -0.2) is 63.4 Å². The Kier molecular flexibility index (Phi) is 4.26. The molecule has 0 unspecified atom stereocenters. The molecule has 0 spiro atoms. The Morgan fingerprint density at radius 3 is 2.60 bits per heavy atom. The summed E-state index contributed by atoms with van der Waals surface area (Å²) in [4.78, 5) is 26.4. The summed E-state index contributed by atoms with van der Waals surface area (Å²) in [5.74, 6) is -1.01. The first-order chi connectivity index (χ1) is 9.52.